The second kappa shape index (κ2) is 9.37. The summed E-state index contributed by atoms with van der Waals surface area (Å²) in [6, 6.07) is 22.6. The fraction of sp³-hybridized carbons (Fsp3) is 0.130. The van der Waals surface area contributed by atoms with Crippen molar-refractivity contribution in [2.45, 2.75) is 6.92 Å². The Bertz CT molecular complexity index is 933. The summed E-state index contributed by atoms with van der Waals surface area (Å²) in [5.41, 5.74) is 0.769. The molecule has 0 amide bonds. The van der Waals surface area contributed by atoms with Crippen LogP contribution in [0, 0.1) is 0 Å². The first-order valence-corrected chi connectivity index (χ1v) is 8.92. The normalized spacial score (nSPS) is 10.2. The molecule has 0 aliphatic rings. The first kappa shape index (κ1) is 19.2. The highest BCUT2D eigenvalue weighted by molar-refractivity contribution is 5.99. The molecule has 3 aromatic rings. The van der Waals surface area contributed by atoms with Crippen molar-refractivity contribution in [3.05, 3.63) is 90.0 Å². The smallest absolute Gasteiger partial charge is 0.338 e. The average molecular weight is 376 g/mol. The summed E-state index contributed by atoms with van der Waals surface area (Å²) in [5.74, 6) is 0.995. The van der Waals surface area contributed by atoms with Crippen molar-refractivity contribution in [2.75, 3.05) is 13.2 Å². The Labute approximate surface area is 163 Å². The molecule has 5 heteroatoms. The molecule has 5 nitrogen and oxygen atoms in total. The summed E-state index contributed by atoms with van der Waals surface area (Å²) < 4.78 is 16.2. The van der Waals surface area contributed by atoms with E-state index in [0.717, 1.165) is 0 Å². The number of rotatable bonds is 8. The van der Waals surface area contributed by atoms with Crippen LogP contribution in [0.5, 0.6) is 17.2 Å². The summed E-state index contributed by atoms with van der Waals surface area (Å²) in [6.07, 6.45) is 0. The molecule has 0 spiro atoms. The minimum Gasteiger partial charge on any atom is -0.494 e. The first-order valence-electron chi connectivity index (χ1n) is 8.92. The van der Waals surface area contributed by atoms with Crippen molar-refractivity contribution in [3.63, 3.8) is 0 Å². The zero-order chi connectivity index (χ0) is 19.8. The van der Waals surface area contributed by atoms with Crippen molar-refractivity contribution in [3.8, 4) is 17.2 Å². The lowest BCUT2D eigenvalue weighted by molar-refractivity contribution is 0.0474. The molecule has 0 heterocycles. The van der Waals surface area contributed by atoms with E-state index in [9.17, 15) is 9.59 Å². The Kier molecular flexibility index (Phi) is 6.41. The third-order valence-electron chi connectivity index (χ3n) is 3.87. The lowest BCUT2D eigenvalue weighted by atomic mass is 10.1. The number of hydrogen-bond acceptors (Lipinski definition) is 5. The first-order chi connectivity index (χ1) is 13.7. The molecule has 0 atom stereocenters. The van der Waals surface area contributed by atoms with Gasteiger partial charge in [0.2, 0.25) is 0 Å². The van der Waals surface area contributed by atoms with E-state index in [-0.39, 0.29) is 12.4 Å². The van der Waals surface area contributed by atoms with Gasteiger partial charge in [-0.25, -0.2) is 4.79 Å². The summed E-state index contributed by atoms with van der Waals surface area (Å²) in [6.45, 7) is 2.10. The van der Waals surface area contributed by atoms with E-state index in [0.29, 0.717) is 35.0 Å². The van der Waals surface area contributed by atoms with Crippen LogP contribution < -0.4 is 9.47 Å². The maximum absolute atomic E-state index is 12.3. The number of hydrogen-bond donors (Lipinski definition) is 0. The van der Waals surface area contributed by atoms with Gasteiger partial charge in [-0.3, -0.25) is 4.79 Å². The molecule has 0 aliphatic carbocycles. The number of Topliss-reactive ketones (excluding diaryl/α,β-unsaturated/α-hetero) is 1. The summed E-state index contributed by atoms with van der Waals surface area (Å²) in [5, 5.41) is 0. The molecule has 0 saturated carbocycles. The number of benzene rings is 3. The van der Waals surface area contributed by atoms with Crippen LogP contribution in [0.4, 0.5) is 0 Å². The molecule has 0 fully saturated rings. The van der Waals surface area contributed by atoms with Crippen LogP contribution in [-0.2, 0) is 4.74 Å². The predicted octanol–water partition coefficient (Wildman–Crippen LogP) is 4.92. The molecule has 142 valence electrons. The van der Waals surface area contributed by atoms with Crippen LogP contribution in [0.1, 0.15) is 27.6 Å². The van der Waals surface area contributed by atoms with Gasteiger partial charge in [-0.1, -0.05) is 24.3 Å². The number of ether oxygens (including phenoxy) is 3. The zero-order valence-electron chi connectivity index (χ0n) is 15.5. The van der Waals surface area contributed by atoms with Gasteiger partial charge < -0.3 is 14.2 Å². The van der Waals surface area contributed by atoms with Gasteiger partial charge >= 0.3 is 5.97 Å². The highest BCUT2D eigenvalue weighted by atomic mass is 16.5. The molecule has 0 aliphatic heterocycles. The van der Waals surface area contributed by atoms with E-state index in [4.69, 9.17) is 14.2 Å². The minimum absolute atomic E-state index is 0.284. The van der Waals surface area contributed by atoms with Crippen LogP contribution in [0.15, 0.2) is 78.9 Å². The average Bonchev–Trinajstić information content (AvgIpc) is 2.73. The maximum Gasteiger partial charge on any atom is 0.338 e. The molecule has 28 heavy (non-hydrogen) atoms. The molecular weight excluding hydrogens is 356 g/mol. The van der Waals surface area contributed by atoms with Gasteiger partial charge in [-0.2, -0.15) is 0 Å². The quantitative estimate of drug-likeness (QED) is 0.413. The van der Waals surface area contributed by atoms with Crippen molar-refractivity contribution >= 4 is 11.8 Å². The number of carbonyl (C=O) groups is 2. The molecule has 0 aromatic heterocycles. The third kappa shape index (κ3) is 5.20. The van der Waals surface area contributed by atoms with Crippen LogP contribution in [-0.4, -0.2) is 25.0 Å². The SMILES string of the molecule is CCOc1ccc(C(=O)COC(=O)c2cccc(Oc3ccccc3)c2)cc1. The largest absolute Gasteiger partial charge is 0.494 e. The Morgan fingerprint density at radius 2 is 1.46 bits per heavy atom. The second-order valence-corrected chi connectivity index (χ2v) is 5.90. The Morgan fingerprint density at radius 1 is 0.750 bits per heavy atom. The van der Waals surface area contributed by atoms with E-state index in [2.05, 4.69) is 0 Å². The van der Waals surface area contributed by atoms with Crippen molar-refractivity contribution < 1.29 is 23.8 Å². The predicted molar refractivity (Wildman–Crippen MR) is 105 cm³/mol. The van der Waals surface area contributed by atoms with Crippen LogP contribution in [0.3, 0.4) is 0 Å². The third-order valence-corrected chi connectivity index (χ3v) is 3.87. The van der Waals surface area contributed by atoms with Gasteiger partial charge in [0.15, 0.2) is 12.4 Å². The maximum atomic E-state index is 12.3. The van der Waals surface area contributed by atoms with Crippen LogP contribution in [0.25, 0.3) is 0 Å². The fourth-order valence-corrected chi connectivity index (χ4v) is 2.51. The number of para-hydroxylation sites is 1. The molecule has 0 N–H and O–H groups in total. The molecule has 0 saturated heterocycles. The molecule has 0 radical (unpaired) electrons. The van der Waals surface area contributed by atoms with Crippen molar-refractivity contribution in [1.29, 1.82) is 0 Å². The van der Waals surface area contributed by atoms with E-state index >= 15 is 0 Å². The van der Waals surface area contributed by atoms with Gasteiger partial charge in [0.25, 0.3) is 0 Å². The standard InChI is InChI=1S/C23H20O5/c1-2-26-19-13-11-17(12-14-19)22(24)16-27-23(25)18-7-6-10-21(15-18)28-20-8-4-3-5-9-20/h3-15H,2,16H2,1H3. The number of ketones is 1. The minimum atomic E-state index is -0.585. The summed E-state index contributed by atoms with van der Waals surface area (Å²) >= 11 is 0. The molecule has 0 unspecified atom stereocenters. The van der Waals surface area contributed by atoms with E-state index in [1.807, 2.05) is 37.3 Å². The van der Waals surface area contributed by atoms with Crippen LogP contribution >= 0.6 is 0 Å². The van der Waals surface area contributed by atoms with E-state index in [1.165, 1.54) is 0 Å². The van der Waals surface area contributed by atoms with E-state index in [1.54, 1.807) is 48.5 Å². The number of esters is 1. The van der Waals surface area contributed by atoms with Gasteiger partial charge in [-0.05, 0) is 61.5 Å². The lowest BCUT2D eigenvalue weighted by Gasteiger charge is -2.08. The Balaban J connectivity index is 1.58. The molecule has 3 aromatic carbocycles. The highest BCUT2D eigenvalue weighted by Crippen LogP contribution is 2.22. The van der Waals surface area contributed by atoms with Gasteiger partial charge in [0.1, 0.15) is 17.2 Å². The molecule has 0 bridgehead atoms. The van der Waals surface area contributed by atoms with Crippen molar-refractivity contribution in [2.24, 2.45) is 0 Å². The lowest BCUT2D eigenvalue weighted by Crippen LogP contribution is -2.14. The van der Waals surface area contributed by atoms with E-state index < -0.39 is 5.97 Å². The second-order valence-electron chi connectivity index (χ2n) is 5.90. The summed E-state index contributed by atoms with van der Waals surface area (Å²) in [4.78, 5) is 24.5. The topological polar surface area (TPSA) is 61.8 Å². The van der Waals surface area contributed by atoms with Gasteiger partial charge in [0.05, 0.1) is 12.2 Å². The van der Waals surface area contributed by atoms with Gasteiger partial charge in [-0.15, -0.1) is 0 Å². The Hall–Kier alpha value is -3.60. The monoisotopic (exact) mass is 376 g/mol. The molecular formula is C23H20O5. The van der Waals surface area contributed by atoms with Gasteiger partial charge in [0, 0.05) is 5.56 Å². The fourth-order valence-electron chi connectivity index (χ4n) is 2.51. The molecule has 3 rings (SSSR count). The zero-order valence-corrected chi connectivity index (χ0v) is 15.5. The van der Waals surface area contributed by atoms with Crippen molar-refractivity contribution in [1.82, 2.24) is 0 Å². The highest BCUT2D eigenvalue weighted by Gasteiger charge is 2.13. The van der Waals surface area contributed by atoms with Crippen LogP contribution in [0.2, 0.25) is 0 Å². The summed E-state index contributed by atoms with van der Waals surface area (Å²) in [7, 11) is 0. The number of carbonyl (C=O) groups excluding carboxylic acids is 2. The Morgan fingerprint density at radius 3 is 2.18 bits per heavy atom.